The number of carbonyl (C=O) groups is 2. The van der Waals surface area contributed by atoms with Crippen LogP contribution in [0.2, 0.25) is 0 Å². The van der Waals surface area contributed by atoms with Crippen LogP contribution in [-0.2, 0) is 0 Å². The van der Waals surface area contributed by atoms with Crippen LogP contribution in [0.4, 0.5) is 11.4 Å². The summed E-state index contributed by atoms with van der Waals surface area (Å²) >= 11 is 0. The van der Waals surface area contributed by atoms with Crippen LogP contribution in [0.25, 0.3) is 5.69 Å². The number of hydrogen-bond acceptors (Lipinski definition) is 3. The number of anilines is 2. The van der Waals surface area contributed by atoms with E-state index in [9.17, 15) is 9.59 Å². The summed E-state index contributed by atoms with van der Waals surface area (Å²) in [6.07, 6.45) is 0. The average molecular weight is 425 g/mol. The highest BCUT2D eigenvalue weighted by atomic mass is 16.2. The number of rotatable bonds is 5. The van der Waals surface area contributed by atoms with Gasteiger partial charge < -0.3 is 10.6 Å². The quantitative estimate of drug-likeness (QED) is 0.456. The summed E-state index contributed by atoms with van der Waals surface area (Å²) in [5, 5.41) is 10.4. The van der Waals surface area contributed by atoms with Gasteiger partial charge in [0.05, 0.1) is 34.0 Å². The van der Waals surface area contributed by atoms with Crippen LogP contribution in [0.1, 0.15) is 37.7 Å². The molecule has 4 rings (SSSR count). The zero-order valence-corrected chi connectivity index (χ0v) is 18.2. The van der Waals surface area contributed by atoms with Gasteiger partial charge in [0.1, 0.15) is 0 Å². The van der Waals surface area contributed by atoms with Crippen LogP contribution in [0, 0.1) is 20.8 Å². The van der Waals surface area contributed by atoms with E-state index in [1.54, 1.807) is 41.1 Å². The molecule has 0 spiro atoms. The molecule has 32 heavy (non-hydrogen) atoms. The molecule has 4 aromatic rings. The van der Waals surface area contributed by atoms with Gasteiger partial charge in [0.25, 0.3) is 11.8 Å². The fraction of sp³-hybridized carbons (Fsp3) is 0.115. The van der Waals surface area contributed by atoms with Crippen molar-refractivity contribution in [3.63, 3.8) is 0 Å². The fourth-order valence-corrected chi connectivity index (χ4v) is 3.51. The number of amides is 2. The molecule has 1 heterocycles. The van der Waals surface area contributed by atoms with Crippen molar-refractivity contribution in [2.24, 2.45) is 0 Å². The molecule has 0 atom stereocenters. The molecule has 2 N–H and O–H groups in total. The Labute approximate surface area is 186 Å². The van der Waals surface area contributed by atoms with E-state index < -0.39 is 0 Å². The number of para-hydroxylation sites is 2. The number of hydrogen-bond donors (Lipinski definition) is 2. The van der Waals surface area contributed by atoms with E-state index in [4.69, 9.17) is 0 Å². The van der Waals surface area contributed by atoms with Crippen molar-refractivity contribution >= 4 is 23.2 Å². The Morgan fingerprint density at radius 1 is 0.750 bits per heavy atom. The van der Waals surface area contributed by atoms with E-state index in [1.165, 1.54) is 0 Å². The Morgan fingerprint density at radius 3 is 2.12 bits per heavy atom. The summed E-state index contributed by atoms with van der Waals surface area (Å²) in [6.45, 7) is 5.73. The third kappa shape index (κ3) is 4.30. The minimum atomic E-state index is -0.316. The first-order chi connectivity index (χ1) is 15.4. The highest BCUT2D eigenvalue weighted by molar-refractivity contribution is 6.12. The van der Waals surface area contributed by atoms with E-state index in [0.717, 1.165) is 16.9 Å². The Hall–Kier alpha value is -4.19. The first-order valence-corrected chi connectivity index (χ1v) is 10.3. The van der Waals surface area contributed by atoms with Gasteiger partial charge in [0.2, 0.25) is 0 Å². The molecule has 6 heteroatoms. The van der Waals surface area contributed by atoms with E-state index >= 15 is 0 Å². The lowest BCUT2D eigenvalue weighted by molar-refractivity contribution is 0.102. The summed E-state index contributed by atoms with van der Waals surface area (Å²) in [4.78, 5) is 25.8. The first kappa shape index (κ1) is 21.1. The average Bonchev–Trinajstić information content (AvgIpc) is 3.08. The second-order valence-corrected chi connectivity index (χ2v) is 7.61. The molecule has 3 aromatic carbocycles. The van der Waals surface area contributed by atoms with Crippen LogP contribution in [0.15, 0.2) is 78.9 Å². The number of benzene rings is 3. The minimum absolute atomic E-state index is 0.269. The molecule has 0 bridgehead atoms. The zero-order chi connectivity index (χ0) is 22.7. The van der Waals surface area contributed by atoms with Crippen molar-refractivity contribution in [2.75, 3.05) is 10.6 Å². The van der Waals surface area contributed by atoms with Gasteiger partial charge >= 0.3 is 0 Å². The molecule has 0 aliphatic rings. The van der Waals surface area contributed by atoms with E-state index in [-0.39, 0.29) is 11.8 Å². The second kappa shape index (κ2) is 8.89. The maximum absolute atomic E-state index is 13.1. The maximum atomic E-state index is 13.1. The molecule has 0 unspecified atom stereocenters. The van der Waals surface area contributed by atoms with Crippen LogP contribution in [0.5, 0.6) is 0 Å². The minimum Gasteiger partial charge on any atom is -0.321 e. The predicted molar refractivity (Wildman–Crippen MR) is 127 cm³/mol. The van der Waals surface area contributed by atoms with Gasteiger partial charge in [-0.15, -0.1) is 0 Å². The van der Waals surface area contributed by atoms with Gasteiger partial charge in [-0.05, 0) is 57.2 Å². The van der Waals surface area contributed by atoms with Crippen molar-refractivity contribution in [2.45, 2.75) is 20.8 Å². The Morgan fingerprint density at radius 2 is 1.41 bits per heavy atom. The normalized spacial score (nSPS) is 10.6. The number of nitrogens with zero attached hydrogens (tertiary/aromatic N) is 2. The molecule has 0 fully saturated rings. The van der Waals surface area contributed by atoms with Crippen molar-refractivity contribution in [1.29, 1.82) is 0 Å². The monoisotopic (exact) mass is 424 g/mol. The lowest BCUT2D eigenvalue weighted by Crippen LogP contribution is -2.18. The lowest BCUT2D eigenvalue weighted by Gasteiger charge is -2.12. The first-order valence-electron chi connectivity index (χ1n) is 10.3. The Balaban J connectivity index is 1.58. The third-order valence-electron chi connectivity index (χ3n) is 5.26. The topological polar surface area (TPSA) is 76.0 Å². The second-order valence-electron chi connectivity index (χ2n) is 7.61. The van der Waals surface area contributed by atoms with Crippen molar-refractivity contribution in [1.82, 2.24) is 9.78 Å². The number of nitrogens with one attached hydrogen (secondary N) is 2. The molecule has 160 valence electrons. The van der Waals surface area contributed by atoms with E-state index in [1.807, 2.05) is 63.2 Å². The predicted octanol–water partition coefficient (Wildman–Crippen LogP) is 5.30. The molecule has 0 aliphatic carbocycles. The molecular weight excluding hydrogens is 400 g/mol. The lowest BCUT2D eigenvalue weighted by atomic mass is 10.1. The van der Waals surface area contributed by atoms with Crippen LogP contribution < -0.4 is 10.6 Å². The number of aromatic nitrogens is 2. The number of carbonyl (C=O) groups excluding carboxylic acids is 2. The highest BCUT2D eigenvalue weighted by Gasteiger charge is 2.19. The van der Waals surface area contributed by atoms with Gasteiger partial charge in [-0.25, -0.2) is 4.68 Å². The summed E-state index contributed by atoms with van der Waals surface area (Å²) < 4.78 is 1.80. The molecule has 0 aliphatic heterocycles. The van der Waals surface area contributed by atoms with E-state index in [2.05, 4.69) is 15.7 Å². The largest absolute Gasteiger partial charge is 0.321 e. The standard InChI is InChI=1S/C26H24N4O2/c1-17-13-15-20(16-14-17)25(31)27-23-12-8-7-11-22(23)26(32)28-24-18(2)29-30(19(24)3)21-9-5-4-6-10-21/h4-16H,1-3H3,(H,27,31)(H,28,32). The van der Waals surface area contributed by atoms with Gasteiger partial charge in [-0.2, -0.15) is 5.10 Å². The molecule has 2 amide bonds. The van der Waals surface area contributed by atoms with Crippen molar-refractivity contribution in [3.8, 4) is 5.69 Å². The molecule has 6 nitrogen and oxygen atoms in total. The maximum Gasteiger partial charge on any atom is 0.257 e. The summed E-state index contributed by atoms with van der Waals surface area (Å²) in [6, 6.07) is 24.0. The SMILES string of the molecule is Cc1ccc(C(=O)Nc2ccccc2C(=O)Nc2c(C)nn(-c3ccccc3)c2C)cc1. The van der Waals surface area contributed by atoms with Crippen LogP contribution in [-0.4, -0.2) is 21.6 Å². The third-order valence-corrected chi connectivity index (χ3v) is 5.26. The van der Waals surface area contributed by atoms with Gasteiger partial charge in [0.15, 0.2) is 0 Å². The summed E-state index contributed by atoms with van der Waals surface area (Å²) in [7, 11) is 0. The Bertz CT molecular complexity index is 1280. The fourth-order valence-electron chi connectivity index (χ4n) is 3.51. The van der Waals surface area contributed by atoms with E-state index in [0.29, 0.717) is 28.2 Å². The number of aryl methyl sites for hydroxylation is 2. The molecule has 0 saturated heterocycles. The molecule has 1 aromatic heterocycles. The summed E-state index contributed by atoms with van der Waals surface area (Å²) in [5.41, 5.74) is 5.52. The highest BCUT2D eigenvalue weighted by Crippen LogP contribution is 2.25. The van der Waals surface area contributed by atoms with Gasteiger partial charge in [-0.1, -0.05) is 48.0 Å². The van der Waals surface area contributed by atoms with Crippen molar-refractivity contribution < 1.29 is 9.59 Å². The molecule has 0 saturated carbocycles. The van der Waals surface area contributed by atoms with Crippen LogP contribution in [0.3, 0.4) is 0 Å². The van der Waals surface area contributed by atoms with Crippen molar-refractivity contribution in [3.05, 3.63) is 107 Å². The summed E-state index contributed by atoms with van der Waals surface area (Å²) in [5.74, 6) is -0.585. The Kier molecular flexibility index (Phi) is 5.85. The van der Waals surface area contributed by atoms with Gasteiger partial charge in [0, 0.05) is 5.56 Å². The van der Waals surface area contributed by atoms with Crippen LogP contribution >= 0.6 is 0 Å². The van der Waals surface area contributed by atoms with Gasteiger partial charge in [-0.3, -0.25) is 9.59 Å². The molecular formula is C26H24N4O2. The molecule has 0 radical (unpaired) electrons. The smallest absolute Gasteiger partial charge is 0.257 e. The zero-order valence-electron chi connectivity index (χ0n) is 18.2.